The minimum Gasteiger partial charge on any atom is -0.508 e. The number of benzene rings is 3. The topological polar surface area (TPSA) is 41.5 Å². The van der Waals surface area contributed by atoms with E-state index in [0.717, 1.165) is 39.8 Å². The lowest BCUT2D eigenvalue weighted by Gasteiger charge is -2.38. The first-order chi connectivity index (χ1) is 14.1. The minimum atomic E-state index is 0.00294. The average Bonchev–Trinajstić information content (AvgIpc) is 3.22. The van der Waals surface area contributed by atoms with Crippen molar-refractivity contribution < 1.29 is 9.84 Å². The highest BCUT2D eigenvalue weighted by molar-refractivity contribution is 5.89. The normalized spacial score (nSPS) is 22.0. The molecule has 0 fully saturated rings. The van der Waals surface area contributed by atoms with Gasteiger partial charge in [0.25, 0.3) is 0 Å². The second-order valence-electron chi connectivity index (χ2n) is 8.16. The van der Waals surface area contributed by atoms with Gasteiger partial charge in [0.1, 0.15) is 18.1 Å². The Balaban J connectivity index is 1.65. The molecule has 3 unspecified atom stereocenters. The summed E-state index contributed by atoms with van der Waals surface area (Å²) in [4.78, 5) is 0. The van der Waals surface area contributed by atoms with Crippen LogP contribution >= 0.6 is 0 Å². The molecule has 0 saturated heterocycles. The van der Waals surface area contributed by atoms with Crippen molar-refractivity contribution in [2.75, 3.05) is 11.9 Å². The van der Waals surface area contributed by atoms with E-state index in [1.165, 1.54) is 5.56 Å². The number of rotatable bonds is 4. The highest BCUT2D eigenvalue weighted by atomic mass is 16.5. The van der Waals surface area contributed by atoms with Crippen LogP contribution in [0.25, 0.3) is 10.8 Å². The summed E-state index contributed by atoms with van der Waals surface area (Å²) >= 11 is 0. The van der Waals surface area contributed by atoms with Crippen LogP contribution in [-0.4, -0.2) is 11.7 Å². The minimum absolute atomic E-state index is 0.00294. The van der Waals surface area contributed by atoms with Crippen LogP contribution < -0.4 is 10.1 Å². The SMILES string of the molecule is C=C(C)COc1cccc2c1NC(c1c(O)ccc3ccccc13)C1CC=CC21. The van der Waals surface area contributed by atoms with Crippen molar-refractivity contribution in [1.29, 1.82) is 0 Å². The molecule has 3 atom stereocenters. The van der Waals surface area contributed by atoms with E-state index in [0.29, 0.717) is 24.2 Å². The van der Waals surface area contributed by atoms with Crippen LogP contribution in [0.5, 0.6) is 11.5 Å². The third-order valence-corrected chi connectivity index (χ3v) is 6.09. The van der Waals surface area contributed by atoms with Crippen LogP contribution in [0.2, 0.25) is 0 Å². The first-order valence-electron chi connectivity index (χ1n) is 10.2. The molecule has 5 rings (SSSR count). The third-order valence-electron chi connectivity index (χ3n) is 6.09. The second kappa shape index (κ2) is 7.00. The van der Waals surface area contributed by atoms with E-state index < -0.39 is 0 Å². The summed E-state index contributed by atoms with van der Waals surface area (Å²) in [5.41, 5.74) is 4.25. The van der Waals surface area contributed by atoms with Gasteiger partial charge in [-0.2, -0.15) is 0 Å². The maximum atomic E-state index is 10.9. The van der Waals surface area contributed by atoms with Crippen LogP contribution in [0.3, 0.4) is 0 Å². The fourth-order valence-electron chi connectivity index (χ4n) is 4.81. The van der Waals surface area contributed by atoms with Gasteiger partial charge in [-0.05, 0) is 53.3 Å². The van der Waals surface area contributed by atoms with Crippen molar-refractivity contribution in [2.45, 2.75) is 25.3 Å². The summed E-state index contributed by atoms with van der Waals surface area (Å²) < 4.78 is 6.07. The molecule has 3 nitrogen and oxygen atoms in total. The molecule has 0 amide bonds. The number of allylic oxidation sites excluding steroid dienone is 2. The number of hydrogen-bond donors (Lipinski definition) is 2. The van der Waals surface area contributed by atoms with E-state index in [1.54, 1.807) is 0 Å². The molecular formula is C26H25NO2. The Labute approximate surface area is 171 Å². The molecule has 0 spiro atoms. The molecule has 3 aromatic carbocycles. The Morgan fingerprint density at radius 3 is 2.86 bits per heavy atom. The van der Waals surface area contributed by atoms with Gasteiger partial charge in [0, 0.05) is 11.5 Å². The molecule has 2 aliphatic rings. The number of para-hydroxylation sites is 1. The maximum Gasteiger partial charge on any atom is 0.143 e. The molecule has 3 heteroatoms. The van der Waals surface area contributed by atoms with Gasteiger partial charge in [0.05, 0.1) is 11.7 Å². The summed E-state index contributed by atoms with van der Waals surface area (Å²) in [5, 5.41) is 16.9. The molecule has 0 bridgehead atoms. The number of phenols is 1. The van der Waals surface area contributed by atoms with Crippen LogP contribution in [0, 0.1) is 5.92 Å². The largest absolute Gasteiger partial charge is 0.508 e. The number of ether oxygens (including phenoxy) is 1. The predicted octanol–water partition coefficient (Wildman–Crippen LogP) is 6.33. The Morgan fingerprint density at radius 1 is 1.14 bits per heavy atom. The van der Waals surface area contributed by atoms with Gasteiger partial charge in [-0.15, -0.1) is 0 Å². The molecule has 1 heterocycles. The molecule has 1 aliphatic heterocycles. The summed E-state index contributed by atoms with van der Waals surface area (Å²) in [6.07, 6.45) is 5.56. The molecule has 29 heavy (non-hydrogen) atoms. The zero-order valence-corrected chi connectivity index (χ0v) is 16.6. The van der Waals surface area contributed by atoms with E-state index in [9.17, 15) is 5.11 Å². The lowest BCUT2D eigenvalue weighted by Crippen LogP contribution is -2.29. The van der Waals surface area contributed by atoms with E-state index >= 15 is 0 Å². The van der Waals surface area contributed by atoms with Crippen LogP contribution in [0.1, 0.15) is 36.4 Å². The van der Waals surface area contributed by atoms with Crippen molar-refractivity contribution in [3.8, 4) is 11.5 Å². The highest BCUT2D eigenvalue weighted by Gasteiger charge is 2.40. The standard InChI is InChI=1S/C26H25NO2/c1-16(2)15-29-23-12-6-11-20-19-9-5-10-21(19)26(27-25(20)23)24-18-8-4-3-7-17(18)13-14-22(24)28/h3-9,11-14,19,21,26-28H,1,10,15H2,2H3. The van der Waals surface area contributed by atoms with Crippen LogP contribution in [-0.2, 0) is 0 Å². The number of aromatic hydroxyl groups is 1. The van der Waals surface area contributed by atoms with E-state index in [1.807, 2.05) is 37.3 Å². The second-order valence-corrected chi connectivity index (χ2v) is 8.16. The highest BCUT2D eigenvalue weighted by Crippen LogP contribution is 2.54. The first-order valence-corrected chi connectivity index (χ1v) is 10.2. The number of hydrogen-bond acceptors (Lipinski definition) is 3. The van der Waals surface area contributed by atoms with Gasteiger partial charge in [0.15, 0.2) is 0 Å². The quantitative estimate of drug-likeness (QED) is 0.518. The Hall–Kier alpha value is -3.20. The number of nitrogens with one attached hydrogen (secondary N) is 1. The van der Waals surface area contributed by atoms with Gasteiger partial charge in [-0.25, -0.2) is 0 Å². The lowest BCUT2D eigenvalue weighted by molar-refractivity contribution is 0.347. The molecular weight excluding hydrogens is 358 g/mol. The number of anilines is 1. The average molecular weight is 383 g/mol. The van der Waals surface area contributed by atoms with E-state index in [2.05, 4.69) is 48.3 Å². The van der Waals surface area contributed by atoms with Crippen molar-refractivity contribution in [1.82, 2.24) is 0 Å². The monoisotopic (exact) mass is 383 g/mol. The Kier molecular flexibility index (Phi) is 4.31. The zero-order chi connectivity index (χ0) is 20.0. The zero-order valence-electron chi connectivity index (χ0n) is 16.6. The van der Waals surface area contributed by atoms with Gasteiger partial charge in [0.2, 0.25) is 0 Å². The molecule has 2 N–H and O–H groups in total. The smallest absolute Gasteiger partial charge is 0.143 e. The van der Waals surface area contributed by atoms with E-state index in [-0.39, 0.29) is 6.04 Å². The van der Waals surface area contributed by atoms with Gasteiger partial charge >= 0.3 is 0 Å². The summed E-state index contributed by atoms with van der Waals surface area (Å²) in [5.74, 6) is 1.85. The molecule has 3 aromatic rings. The van der Waals surface area contributed by atoms with Crippen LogP contribution in [0.4, 0.5) is 5.69 Å². The molecule has 0 saturated carbocycles. The fraction of sp³-hybridized carbons (Fsp3) is 0.231. The van der Waals surface area contributed by atoms with E-state index in [4.69, 9.17) is 4.74 Å². The summed E-state index contributed by atoms with van der Waals surface area (Å²) in [6.45, 7) is 6.41. The van der Waals surface area contributed by atoms with Crippen LogP contribution in [0.15, 0.2) is 78.9 Å². The van der Waals surface area contributed by atoms with Crippen molar-refractivity contribution in [2.24, 2.45) is 5.92 Å². The Morgan fingerprint density at radius 2 is 2.00 bits per heavy atom. The third kappa shape index (κ3) is 2.98. The van der Waals surface area contributed by atoms with Gasteiger partial charge in [-0.1, -0.05) is 61.2 Å². The molecule has 146 valence electrons. The number of phenolic OH excluding ortho intramolecular Hbond substituents is 1. The summed E-state index contributed by atoms with van der Waals surface area (Å²) in [6, 6.07) is 18.3. The number of fused-ring (bicyclic) bond motifs is 4. The molecule has 0 radical (unpaired) electrons. The van der Waals surface area contributed by atoms with Crippen molar-refractivity contribution in [3.05, 3.63) is 90.0 Å². The first kappa shape index (κ1) is 17.9. The maximum absolute atomic E-state index is 10.9. The van der Waals surface area contributed by atoms with Gasteiger partial charge < -0.3 is 15.2 Å². The van der Waals surface area contributed by atoms with Crippen molar-refractivity contribution >= 4 is 16.5 Å². The van der Waals surface area contributed by atoms with Gasteiger partial charge in [-0.3, -0.25) is 0 Å². The fourth-order valence-corrected chi connectivity index (χ4v) is 4.81. The Bertz CT molecular complexity index is 1130. The lowest BCUT2D eigenvalue weighted by atomic mass is 9.76. The summed E-state index contributed by atoms with van der Waals surface area (Å²) in [7, 11) is 0. The molecule has 0 aromatic heterocycles. The predicted molar refractivity (Wildman–Crippen MR) is 119 cm³/mol. The van der Waals surface area contributed by atoms with Crippen molar-refractivity contribution in [3.63, 3.8) is 0 Å². The molecule has 1 aliphatic carbocycles.